The SMILES string of the molecule is CCCCC/C=C/C=C/CCCCCCCC(O)C(=O)NC(COC1OC(CO)C(O)C(O)C1OC(=O)CCCCCCCCCCCCCCCCCCC)C(O)/C=C/CCCCCCCCCCC. The number of hydrogen-bond donors (Lipinski definition) is 6. The first-order valence-electron chi connectivity index (χ1n) is 29.8. The quantitative estimate of drug-likeness (QED) is 0.0149. The van der Waals surface area contributed by atoms with Gasteiger partial charge in [-0.25, -0.2) is 0 Å². The minimum atomic E-state index is -1.61. The molecule has 0 radical (unpaired) electrons. The van der Waals surface area contributed by atoms with Gasteiger partial charge in [0.05, 0.1) is 25.4 Å². The van der Waals surface area contributed by atoms with Crippen LogP contribution in [0.2, 0.25) is 0 Å². The van der Waals surface area contributed by atoms with E-state index in [1.54, 1.807) is 6.08 Å². The Kier molecular flexibility index (Phi) is 46.0. The number of aliphatic hydroxyl groups is 5. The lowest BCUT2D eigenvalue weighted by atomic mass is 9.99. The summed E-state index contributed by atoms with van der Waals surface area (Å²) in [4.78, 5) is 26.5. The van der Waals surface area contributed by atoms with Gasteiger partial charge in [0, 0.05) is 6.42 Å². The van der Waals surface area contributed by atoms with Crippen molar-refractivity contribution in [1.29, 1.82) is 0 Å². The van der Waals surface area contributed by atoms with Gasteiger partial charge in [-0.15, -0.1) is 0 Å². The van der Waals surface area contributed by atoms with Crippen LogP contribution in [0.5, 0.6) is 0 Å². The van der Waals surface area contributed by atoms with Crippen LogP contribution in [0, 0.1) is 0 Å². The van der Waals surface area contributed by atoms with Crippen LogP contribution in [-0.2, 0) is 23.8 Å². The van der Waals surface area contributed by atoms with Crippen LogP contribution in [0.3, 0.4) is 0 Å². The lowest BCUT2D eigenvalue weighted by Crippen LogP contribution is -2.61. The van der Waals surface area contributed by atoms with Gasteiger partial charge in [0.25, 0.3) is 0 Å². The number of carbonyl (C=O) groups is 2. The minimum absolute atomic E-state index is 0.127. The van der Waals surface area contributed by atoms with E-state index in [1.165, 1.54) is 148 Å². The van der Waals surface area contributed by atoms with Crippen molar-refractivity contribution >= 4 is 11.9 Å². The molecule has 0 aromatic heterocycles. The highest BCUT2D eigenvalue weighted by molar-refractivity contribution is 5.80. The normalized spacial score (nSPS) is 19.8. The number of ether oxygens (including phenoxy) is 3. The van der Waals surface area contributed by atoms with Gasteiger partial charge in [0.2, 0.25) is 5.91 Å². The van der Waals surface area contributed by atoms with E-state index in [2.05, 4.69) is 50.4 Å². The summed E-state index contributed by atoms with van der Waals surface area (Å²) in [6, 6.07) is -1.03. The van der Waals surface area contributed by atoms with Gasteiger partial charge in [0.1, 0.15) is 24.4 Å². The minimum Gasteiger partial charge on any atom is -0.454 e. The van der Waals surface area contributed by atoms with Crippen molar-refractivity contribution in [3.8, 4) is 0 Å². The molecule has 1 aliphatic heterocycles. The highest BCUT2D eigenvalue weighted by Gasteiger charge is 2.47. The van der Waals surface area contributed by atoms with Crippen molar-refractivity contribution in [2.24, 2.45) is 0 Å². The van der Waals surface area contributed by atoms with Crippen molar-refractivity contribution in [3.05, 3.63) is 36.5 Å². The Morgan fingerprint density at radius 2 is 0.958 bits per heavy atom. The Labute approximate surface area is 434 Å². The molecule has 8 atom stereocenters. The summed E-state index contributed by atoms with van der Waals surface area (Å²) in [5.74, 6) is -1.20. The van der Waals surface area contributed by atoms with Crippen LogP contribution in [-0.4, -0.2) is 99.6 Å². The van der Waals surface area contributed by atoms with Gasteiger partial charge >= 0.3 is 5.97 Å². The highest BCUT2D eigenvalue weighted by atomic mass is 16.7. The zero-order chi connectivity index (χ0) is 51.8. The zero-order valence-corrected chi connectivity index (χ0v) is 45.9. The first-order valence-corrected chi connectivity index (χ1v) is 29.8. The van der Waals surface area contributed by atoms with Crippen molar-refractivity contribution in [3.63, 3.8) is 0 Å². The first kappa shape index (κ1) is 66.9. The highest BCUT2D eigenvalue weighted by Crippen LogP contribution is 2.26. The van der Waals surface area contributed by atoms with Gasteiger partial charge < -0.3 is 45.1 Å². The lowest BCUT2D eigenvalue weighted by molar-refractivity contribution is -0.305. The standard InChI is InChI=1S/C60H111NO10/c1-4-7-10-13-16-19-22-24-26-27-28-30-33-36-39-42-45-48-55(65)71-58-57(67)56(66)54(49-62)70-60(58)69-50-51(52(63)46-43-40-37-34-31-21-18-15-12-9-6-3)61-59(68)53(64)47-44-41-38-35-32-29-25-23-20-17-14-11-8-5-2/h17,20,23,25,43,46,51-54,56-58,60,62-64,66-67H,4-16,18-19,21-22,24,26-42,44-45,47-50H2,1-3H3,(H,61,68)/b20-17+,25-23+,46-43+. The van der Waals surface area contributed by atoms with E-state index in [-0.39, 0.29) is 19.4 Å². The number of carbonyl (C=O) groups excluding carboxylic acids is 2. The number of hydrogen-bond acceptors (Lipinski definition) is 10. The summed E-state index contributed by atoms with van der Waals surface area (Å²) in [6.45, 7) is 5.75. The summed E-state index contributed by atoms with van der Waals surface area (Å²) >= 11 is 0. The number of aliphatic hydroxyl groups excluding tert-OH is 5. The predicted octanol–water partition coefficient (Wildman–Crippen LogP) is 13.5. The molecule has 1 saturated heterocycles. The van der Waals surface area contributed by atoms with Crippen LogP contribution in [0.1, 0.15) is 271 Å². The van der Waals surface area contributed by atoms with Gasteiger partial charge in [-0.2, -0.15) is 0 Å². The summed E-state index contributed by atoms with van der Waals surface area (Å²) < 4.78 is 17.6. The van der Waals surface area contributed by atoms with Gasteiger partial charge in [-0.05, 0) is 51.4 Å². The number of nitrogens with one attached hydrogen (secondary N) is 1. The smallest absolute Gasteiger partial charge is 0.306 e. The Morgan fingerprint density at radius 3 is 1.44 bits per heavy atom. The Morgan fingerprint density at radius 1 is 0.549 bits per heavy atom. The molecule has 0 aliphatic carbocycles. The maximum Gasteiger partial charge on any atom is 0.306 e. The second-order valence-corrected chi connectivity index (χ2v) is 20.8. The topological polar surface area (TPSA) is 175 Å². The molecule has 1 amide bonds. The second-order valence-electron chi connectivity index (χ2n) is 20.8. The van der Waals surface area contributed by atoms with Gasteiger partial charge in [0.15, 0.2) is 12.4 Å². The largest absolute Gasteiger partial charge is 0.454 e. The molecule has 8 unspecified atom stereocenters. The van der Waals surface area contributed by atoms with Crippen molar-refractivity contribution in [2.45, 2.75) is 320 Å². The van der Waals surface area contributed by atoms with E-state index >= 15 is 0 Å². The molecular formula is C60H111NO10. The average molecular weight is 1010 g/mol. The van der Waals surface area contributed by atoms with Crippen molar-refractivity contribution < 1.29 is 49.3 Å². The van der Waals surface area contributed by atoms with Crippen LogP contribution in [0.25, 0.3) is 0 Å². The third-order valence-electron chi connectivity index (χ3n) is 14.1. The zero-order valence-electron chi connectivity index (χ0n) is 45.9. The molecule has 11 nitrogen and oxygen atoms in total. The molecule has 0 aromatic rings. The molecular weight excluding hydrogens is 895 g/mol. The maximum atomic E-state index is 13.4. The molecule has 0 aromatic carbocycles. The Balaban J connectivity index is 2.69. The van der Waals surface area contributed by atoms with Crippen LogP contribution in [0.15, 0.2) is 36.5 Å². The number of rotatable bonds is 50. The molecule has 416 valence electrons. The Hall–Kier alpha value is -2.12. The molecule has 11 heteroatoms. The van der Waals surface area contributed by atoms with E-state index in [9.17, 15) is 35.1 Å². The van der Waals surface area contributed by atoms with E-state index in [1.807, 2.05) is 6.08 Å². The van der Waals surface area contributed by atoms with E-state index in [4.69, 9.17) is 14.2 Å². The first-order chi connectivity index (χ1) is 34.7. The van der Waals surface area contributed by atoms with Crippen LogP contribution < -0.4 is 5.32 Å². The van der Waals surface area contributed by atoms with Crippen molar-refractivity contribution in [2.75, 3.05) is 13.2 Å². The van der Waals surface area contributed by atoms with E-state index < -0.39 is 67.4 Å². The third kappa shape index (κ3) is 37.3. The molecule has 71 heavy (non-hydrogen) atoms. The molecule has 1 fully saturated rings. The average Bonchev–Trinajstić information content (AvgIpc) is 3.37. The van der Waals surface area contributed by atoms with Crippen LogP contribution in [0.4, 0.5) is 0 Å². The number of esters is 1. The molecule has 1 aliphatic rings. The molecule has 0 saturated carbocycles. The van der Waals surface area contributed by atoms with Gasteiger partial charge in [-0.1, -0.05) is 250 Å². The number of amides is 1. The lowest BCUT2D eigenvalue weighted by Gasteiger charge is -2.41. The molecule has 1 heterocycles. The van der Waals surface area contributed by atoms with Crippen molar-refractivity contribution in [1.82, 2.24) is 5.32 Å². The predicted molar refractivity (Wildman–Crippen MR) is 292 cm³/mol. The summed E-state index contributed by atoms with van der Waals surface area (Å²) in [5, 5.41) is 56.8. The third-order valence-corrected chi connectivity index (χ3v) is 14.1. The van der Waals surface area contributed by atoms with E-state index in [0.717, 1.165) is 77.0 Å². The molecule has 1 rings (SSSR count). The van der Waals surface area contributed by atoms with Crippen LogP contribution >= 0.6 is 0 Å². The second kappa shape index (κ2) is 48.8. The maximum absolute atomic E-state index is 13.4. The fourth-order valence-corrected chi connectivity index (χ4v) is 9.29. The summed E-state index contributed by atoms with van der Waals surface area (Å²) in [6.07, 6.45) is 46.1. The monoisotopic (exact) mass is 1010 g/mol. The Bertz CT molecular complexity index is 1290. The number of allylic oxidation sites excluding steroid dienone is 5. The molecule has 6 N–H and O–H groups in total. The molecule has 0 spiro atoms. The summed E-state index contributed by atoms with van der Waals surface area (Å²) in [5.41, 5.74) is 0. The fraction of sp³-hybridized carbons (Fsp3) is 0.867. The number of unbranched alkanes of at least 4 members (excludes halogenated alkanes) is 33. The molecule has 0 bridgehead atoms. The fourth-order valence-electron chi connectivity index (χ4n) is 9.29. The van der Waals surface area contributed by atoms with E-state index in [0.29, 0.717) is 12.8 Å². The van der Waals surface area contributed by atoms with Gasteiger partial charge in [-0.3, -0.25) is 9.59 Å². The summed E-state index contributed by atoms with van der Waals surface area (Å²) in [7, 11) is 0.